The van der Waals surface area contributed by atoms with E-state index in [2.05, 4.69) is 21.2 Å². The third-order valence-corrected chi connectivity index (χ3v) is 6.39. The summed E-state index contributed by atoms with van der Waals surface area (Å²) < 4.78 is 18.7. The Balaban J connectivity index is 1.33. The van der Waals surface area contributed by atoms with Crippen LogP contribution in [0.15, 0.2) is 79.0 Å². The van der Waals surface area contributed by atoms with Crippen LogP contribution in [0.2, 0.25) is 0 Å². The second-order valence-electron chi connectivity index (χ2n) is 8.50. The van der Waals surface area contributed by atoms with Gasteiger partial charge in [-0.1, -0.05) is 48.5 Å². The number of carbonyl (C=O) groups is 1. The van der Waals surface area contributed by atoms with E-state index in [0.29, 0.717) is 12.1 Å². The van der Waals surface area contributed by atoms with Crippen LogP contribution in [-0.4, -0.2) is 44.2 Å². The summed E-state index contributed by atoms with van der Waals surface area (Å²) in [5, 5.41) is 4.74. The van der Waals surface area contributed by atoms with Crippen LogP contribution in [0.3, 0.4) is 0 Å². The van der Waals surface area contributed by atoms with E-state index in [1.54, 1.807) is 25.4 Å². The van der Waals surface area contributed by atoms with Crippen LogP contribution < -0.4 is 19.9 Å². The number of para-hydroxylation sites is 2. The Bertz CT molecular complexity index is 1330. The predicted molar refractivity (Wildman–Crippen MR) is 137 cm³/mol. The Morgan fingerprint density at radius 2 is 1.57 bits per heavy atom. The Hall–Kier alpha value is -4.13. The van der Waals surface area contributed by atoms with Crippen LogP contribution in [0.4, 0.5) is 15.9 Å². The number of methoxy groups -OCH3 is 1. The van der Waals surface area contributed by atoms with Gasteiger partial charge in [-0.05, 0) is 35.2 Å². The van der Waals surface area contributed by atoms with Gasteiger partial charge in [0.1, 0.15) is 17.4 Å². The SMILES string of the molecule is COc1ccccc1N1CCN(c2ncc(C(=O)NCc3ccc(F)cc3)c3ccccc23)CC1. The van der Waals surface area contributed by atoms with Crippen LogP contribution in [0.25, 0.3) is 10.8 Å². The number of fused-ring (bicyclic) bond motifs is 1. The highest BCUT2D eigenvalue weighted by molar-refractivity contribution is 6.09. The molecule has 0 radical (unpaired) electrons. The molecule has 1 amide bonds. The van der Waals surface area contributed by atoms with E-state index in [0.717, 1.165) is 59.8 Å². The molecule has 35 heavy (non-hydrogen) atoms. The van der Waals surface area contributed by atoms with Crippen molar-refractivity contribution in [3.8, 4) is 5.75 Å². The van der Waals surface area contributed by atoms with Crippen LogP contribution in [0.5, 0.6) is 5.75 Å². The summed E-state index contributed by atoms with van der Waals surface area (Å²) in [6.07, 6.45) is 1.66. The van der Waals surface area contributed by atoms with Crippen molar-refractivity contribution in [2.24, 2.45) is 0 Å². The lowest BCUT2D eigenvalue weighted by atomic mass is 10.1. The number of carbonyl (C=O) groups excluding carboxylic acids is 1. The zero-order chi connectivity index (χ0) is 24.2. The van der Waals surface area contributed by atoms with Gasteiger partial charge in [-0.15, -0.1) is 0 Å². The first kappa shape index (κ1) is 22.7. The number of nitrogens with zero attached hydrogens (tertiary/aromatic N) is 3. The Morgan fingerprint density at radius 1 is 0.914 bits per heavy atom. The maximum absolute atomic E-state index is 13.2. The number of amides is 1. The van der Waals surface area contributed by atoms with Crippen molar-refractivity contribution in [1.82, 2.24) is 10.3 Å². The molecule has 0 atom stereocenters. The van der Waals surface area contributed by atoms with Crippen molar-refractivity contribution in [1.29, 1.82) is 0 Å². The third kappa shape index (κ3) is 4.75. The maximum Gasteiger partial charge on any atom is 0.253 e. The average molecular weight is 471 g/mol. The topological polar surface area (TPSA) is 57.7 Å². The molecule has 0 unspecified atom stereocenters. The molecule has 3 aromatic carbocycles. The van der Waals surface area contributed by atoms with Crippen molar-refractivity contribution in [2.75, 3.05) is 43.1 Å². The lowest BCUT2D eigenvalue weighted by molar-refractivity contribution is 0.0952. The van der Waals surface area contributed by atoms with Crippen LogP contribution in [0, 0.1) is 5.82 Å². The number of rotatable bonds is 6. The highest BCUT2D eigenvalue weighted by Gasteiger charge is 2.23. The quantitative estimate of drug-likeness (QED) is 0.445. The molecule has 178 valence electrons. The predicted octanol–water partition coefficient (Wildman–Crippen LogP) is 4.64. The molecule has 0 bridgehead atoms. The number of benzene rings is 3. The number of aromatic nitrogens is 1. The number of nitrogens with one attached hydrogen (secondary N) is 1. The van der Waals surface area contributed by atoms with E-state index in [1.165, 1.54) is 12.1 Å². The molecular weight excluding hydrogens is 443 g/mol. The molecule has 0 aliphatic carbocycles. The minimum Gasteiger partial charge on any atom is -0.495 e. The van der Waals surface area contributed by atoms with Crippen molar-refractivity contribution < 1.29 is 13.9 Å². The molecule has 1 N–H and O–H groups in total. The molecule has 6 nitrogen and oxygen atoms in total. The summed E-state index contributed by atoms with van der Waals surface area (Å²) in [6, 6.07) is 22.1. The van der Waals surface area contributed by atoms with Gasteiger partial charge in [-0.3, -0.25) is 4.79 Å². The summed E-state index contributed by atoms with van der Waals surface area (Å²) in [4.78, 5) is 22.3. The van der Waals surface area contributed by atoms with Crippen LogP contribution in [-0.2, 0) is 6.54 Å². The number of hydrogen-bond acceptors (Lipinski definition) is 5. The number of hydrogen-bond donors (Lipinski definition) is 1. The fraction of sp³-hybridized carbons (Fsp3) is 0.214. The van der Waals surface area contributed by atoms with E-state index in [9.17, 15) is 9.18 Å². The summed E-state index contributed by atoms with van der Waals surface area (Å²) >= 11 is 0. The van der Waals surface area contributed by atoms with Gasteiger partial charge in [0.05, 0.1) is 18.4 Å². The number of ether oxygens (including phenoxy) is 1. The fourth-order valence-electron chi connectivity index (χ4n) is 4.54. The molecule has 1 aliphatic rings. The van der Waals surface area contributed by atoms with Crippen molar-refractivity contribution >= 4 is 28.2 Å². The summed E-state index contributed by atoms with van der Waals surface area (Å²) in [5.41, 5.74) is 2.46. The van der Waals surface area contributed by atoms with E-state index in [-0.39, 0.29) is 11.7 Å². The number of anilines is 2. The Kier molecular flexibility index (Phi) is 6.48. The van der Waals surface area contributed by atoms with Crippen LogP contribution in [0.1, 0.15) is 15.9 Å². The zero-order valence-electron chi connectivity index (χ0n) is 19.6. The minimum atomic E-state index is -0.297. The standard InChI is InChI=1S/C28H27FN4O2/c1-35-26-9-5-4-8-25(26)32-14-16-33(17-15-32)27-23-7-3-2-6-22(23)24(19-30-27)28(34)31-18-20-10-12-21(29)13-11-20/h2-13,19H,14-18H2,1H3,(H,31,34). The molecule has 2 heterocycles. The average Bonchev–Trinajstić information content (AvgIpc) is 2.92. The smallest absolute Gasteiger partial charge is 0.253 e. The van der Waals surface area contributed by atoms with Gasteiger partial charge in [0.25, 0.3) is 5.91 Å². The van der Waals surface area contributed by atoms with Gasteiger partial charge in [-0.25, -0.2) is 9.37 Å². The summed E-state index contributed by atoms with van der Waals surface area (Å²) in [7, 11) is 1.70. The highest BCUT2D eigenvalue weighted by Crippen LogP contribution is 2.31. The molecule has 1 aromatic heterocycles. The summed E-state index contributed by atoms with van der Waals surface area (Å²) in [5.74, 6) is 1.26. The third-order valence-electron chi connectivity index (χ3n) is 6.39. The van der Waals surface area contributed by atoms with Crippen molar-refractivity contribution in [3.05, 3.63) is 95.9 Å². The van der Waals surface area contributed by atoms with Crippen molar-refractivity contribution in [2.45, 2.75) is 6.54 Å². The zero-order valence-corrected chi connectivity index (χ0v) is 19.6. The molecule has 1 fully saturated rings. The first-order chi connectivity index (χ1) is 17.1. The molecule has 5 rings (SSSR count). The molecular formula is C28H27FN4O2. The lowest BCUT2D eigenvalue weighted by Crippen LogP contribution is -2.47. The number of pyridine rings is 1. The second kappa shape index (κ2) is 10.0. The van der Waals surface area contributed by atoms with Crippen molar-refractivity contribution in [3.63, 3.8) is 0 Å². The van der Waals surface area contributed by atoms with Gasteiger partial charge in [0.2, 0.25) is 0 Å². The van der Waals surface area contributed by atoms with Gasteiger partial charge < -0.3 is 19.9 Å². The van der Waals surface area contributed by atoms with Gasteiger partial charge in [0.15, 0.2) is 0 Å². The maximum atomic E-state index is 13.2. The summed E-state index contributed by atoms with van der Waals surface area (Å²) in [6.45, 7) is 3.63. The van der Waals surface area contributed by atoms with E-state index in [4.69, 9.17) is 9.72 Å². The van der Waals surface area contributed by atoms with E-state index in [1.807, 2.05) is 42.5 Å². The fourth-order valence-corrected chi connectivity index (χ4v) is 4.54. The Morgan fingerprint density at radius 3 is 2.31 bits per heavy atom. The normalized spacial score (nSPS) is 13.7. The van der Waals surface area contributed by atoms with Gasteiger partial charge >= 0.3 is 0 Å². The largest absolute Gasteiger partial charge is 0.495 e. The lowest BCUT2D eigenvalue weighted by Gasteiger charge is -2.37. The first-order valence-electron chi connectivity index (χ1n) is 11.7. The molecule has 1 aliphatic heterocycles. The van der Waals surface area contributed by atoms with Gasteiger partial charge in [-0.2, -0.15) is 0 Å². The molecule has 1 saturated heterocycles. The Labute approximate surface area is 204 Å². The number of halogens is 1. The molecule has 0 spiro atoms. The highest BCUT2D eigenvalue weighted by atomic mass is 19.1. The molecule has 0 saturated carbocycles. The first-order valence-corrected chi connectivity index (χ1v) is 11.7. The minimum absolute atomic E-state index is 0.203. The van der Waals surface area contributed by atoms with Gasteiger partial charge in [0, 0.05) is 44.3 Å². The molecule has 4 aromatic rings. The number of piperazine rings is 1. The van der Waals surface area contributed by atoms with E-state index >= 15 is 0 Å². The molecule has 7 heteroatoms. The van der Waals surface area contributed by atoms with Crippen LogP contribution >= 0.6 is 0 Å². The monoisotopic (exact) mass is 470 g/mol. The van der Waals surface area contributed by atoms with E-state index < -0.39 is 0 Å². The second-order valence-corrected chi connectivity index (χ2v) is 8.50.